The average Bonchev–Trinajstić information content (AvgIpc) is 2.79. The average molecular weight is 296 g/mol. The predicted molar refractivity (Wildman–Crippen MR) is 87.8 cm³/mol. The summed E-state index contributed by atoms with van der Waals surface area (Å²) in [4.78, 5) is 4.69. The molecule has 20 heavy (non-hydrogen) atoms. The van der Waals surface area contributed by atoms with Crippen molar-refractivity contribution in [1.82, 2.24) is 9.80 Å². The lowest BCUT2D eigenvalue weighted by atomic mass is 9.99. The molecule has 0 aliphatic carbocycles. The molecule has 0 unspecified atom stereocenters. The van der Waals surface area contributed by atoms with Crippen molar-refractivity contribution in [2.75, 3.05) is 19.8 Å². The summed E-state index contributed by atoms with van der Waals surface area (Å²) < 4.78 is 0. The molecular weight excluding hydrogens is 270 g/mol. The standard InChI is InChI=1S/C16H25N3.ClH/c1-13-9-14(2)16(15(3)10-13)11-19-8-7-18(12-19)6-4-5-17;/h7-10H,4-6,11-12,17H2,1-3H3;1H. The molecule has 2 N–H and O–H groups in total. The molecule has 1 aliphatic heterocycles. The van der Waals surface area contributed by atoms with Crippen LogP contribution in [-0.2, 0) is 6.54 Å². The van der Waals surface area contributed by atoms with Crippen LogP contribution in [0.5, 0.6) is 0 Å². The number of halogens is 1. The van der Waals surface area contributed by atoms with Gasteiger partial charge >= 0.3 is 0 Å². The fourth-order valence-corrected chi connectivity index (χ4v) is 2.72. The van der Waals surface area contributed by atoms with Gasteiger partial charge in [-0.15, -0.1) is 12.4 Å². The van der Waals surface area contributed by atoms with Crippen molar-refractivity contribution in [3.8, 4) is 0 Å². The van der Waals surface area contributed by atoms with E-state index in [4.69, 9.17) is 5.73 Å². The van der Waals surface area contributed by atoms with Crippen LogP contribution in [0.1, 0.15) is 28.7 Å². The summed E-state index contributed by atoms with van der Waals surface area (Å²) in [5.74, 6) is 0. The van der Waals surface area contributed by atoms with E-state index in [9.17, 15) is 0 Å². The molecule has 0 saturated carbocycles. The highest BCUT2D eigenvalue weighted by atomic mass is 35.5. The van der Waals surface area contributed by atoms with Crippen molar-refractivity contribution in [1.29, 1.82) is 0 Å². The molecule has 1 heterocycles. The smallest absolute Gasteiger partial charge is 0.0897 e. The molecule has 4 heteroatoms. The number of rotatable bonds is 5. The van der Waals surface area contributed by atoms with Gasteiger partial charge in [0.2, 0.25) is 0 Å². The molecular formula is C16H26ClN3. The van der Waals surface area contributed by atoms with Crippen molar-refractivity contribution in [2.45, 2.75) is 33.7 Å². The number of benzene rings is 1. The normalized spacial score (nSPS) is 13.8. The maximum atomic E-state index is 5.55. The van der Waals surface area contributed by atoms with Crippen LogP contribution in [-0.4, -0.2) is 29.6 Å². The third-order valence-corrected chi connectivity index (χ3v) is 3.70. The topological polar surface area (TPSA) is 32.5 Å². The van der Waals surface area contributed by atoms with Gasteiger partial charge < -0.3 is 15.5 Å². The highest BCUT2D eigenvalue weighted by Crippen LogP contribution is 2.20. The number of nitrogens with two attached hydrogens (primary N) is 1. The van der Waals surface area contributed by atoms with E-state index in [2.05, 4.69) is 55.1 Å². The third kappa shape index (κ3) is 4.15. The van der Waals surface area contributed by atoms with Crippen LogP contribution in [0.2, 0.25) is 0 Å². The van der Waals surface area contributed by atoms with Crippen LogP contribution in [0, 0.1) is 20.8 Å². The molecule has 1 aromatic rings. The first-order chi connectivity index (χ1) is 9.10. The molecule has 1 aromatic carbocycles. The fourth-order valence-electron chi connectivity index (χ4n) is 2.72. The molecule has 0 saturated heterocycles. The first-order valence-corrected chi connectivity index (χ1v) is 7.03. The monoisotopic (exact) mass is 295 g/mol. The summed E-state index contributed by atoms with van der Waals surface area (Å²) in [6.07, 6.45) is 5.42. The van der Waals surface area contributed by atoms with E-state index in [0.29, 0.717) is 0 Å². The maximum Gasteiger partial charge on any atom is 0.0897 e. The Labute approximate surface area is 128 Å². The minimum Gasteiger partial charge on any atom is -0.359 e. The molecule has 1 aliphatic rings. The Hall–Kier alpha value is -1.19. The van der Waals surface area contributed by atoms with Crippen molar-refractivity contribution < 1.29 is 0 Å². The summed E-state index contributed by atoms with van der Waals surface area (Å²) in [6.45, 7) is 10.4. The van der Waals surface area contributed by atoms with Crippen molar-refractivity contribution in [2.24, 2.45) is 5.73 Å². The number of nitrogens with zero attached hydrogens (tertiary/aromatic N) is 2. The highest BCUT2D eigenvalue weighted by Gasteiger charge is 2.14. The van der Waals surface area contributed by atoms with Gasteiger partial charge in [0.1, 0.15) is 0 Å². The fraction of sp³-hybridized carbons (Fsp3) is 0.500. The van der Waals surface area contributed by atoms with Crippen LogP contribution in [0.25, 0.3) is 0 Å². The lowest BCUT2D eigenvalue weighted by Crippen LogP contribution is -2.27. The summed E-state index contributed by atoms with van der Waals surface area (Å²) in [7, 11) is 0. The second kappa shape index (κ2) is 7.55. The zero-order valence-corrected chi connectivity index (χ0v) is 13.5. The first kappa shape index (κ1) is 16.9. The van der Waals surface area contributed by atoms with Crippen LogP contribution in [0.15, 0.2) is 24.5 Å². The Morgan fingerprint density at radius 3 is 2.25 bits per heavy atom. The van der Waals surface area contributed by atoms with Crippen LogP contribution < -0.4 is 5.73 Å². The molecule has 0 atom stereocenters. The van der Waals surface area contributed by atoms with Gasteiger partial charge in [0.25, 0.3) is 0 Å². The van der Waals surface area contributed by atoms with E-state index < -0.39 is 0 Å². The van der Waals surface area contributed by atoms with E-state index >= 15 is 0 Å². The highest BCUT2D eigenvalue weighted by molar-refractivity contribution is 5.85. The summed E-state index contributed by atoms with van der Waals surface area (Å²) in [6, 6.07) is 4.54. The Morgan fingerprint density at radius 2 is 1.65 bits per heavy atom. The molecule has 3 nitrogen and oxygen atoms in total. The second-order valence-corrected chi connectivity index (χ2v) is 5.52. The van der Waals surface area contributed by atoms with Gasteiger partial charge in [-0.1, -0.05) is 17.7 Å². The van der Waals surface area contributed by atoms with Gasteiger partial charge in [-0.25, -0.2) is 0 Å². The van der Waals surface area contributed by atoms with E-state index in [0.717, 1.165) is 32.7 Å². The zero-order chi connectivity index (χ0) is 13.8. The van der Waals surface area contributed by atoms with Crippen molar-refractivity contribution in [3.05, 3.63) is 46.8 Å². The van der Waals surface area contributed by atoms with E-state index in [1.165, 1.54) is 22.3 Å². The summed E-state index contributed by atoms with van der Waals surface area (Å²) >= 11 is 0. The molecule has 0 aromatic heterocycles. The Kier molecular flexibility index (Phi) is 6.37. The largest absolute Gasteiger partial charge is 0.359 e. The van der Waals surface area contributed by atoms with Gasteiger partial charge in [0.05, 0.1) is 6.67 Å². The van der Waals surface area contributed by atoms with Crippen LogP contribution in [0.3, 0.4) is 0 Å². The van der Waals surface area contributed by atoms with Gasteiger partial charge in [-0.2, -0.15) is 0 Å². The van der Waals surface area contributed by atoms with E-state index in [1.54, 1.807) is 0 Å². The van der Waals surface area contributed by atoms with Crippen LogP contribution >= 0.6 is 12.4 Å². The Bertz CT molecular complexity index is 448. The van der Waals surface area contributed by atoms with E-state index in [-0.39, 0.29) is 12.4 Å². The van der Waals surface area contributed by atoms with Gasteiger partial charge in [-0.3, -0.25) is 0 Å². The Morgan fingerprint density at radius 1 is 1.05 bits per heavy atom. The molecule has 0 fully saturated rings. The zero-order valence-electron chi connectivity index (χ0n) is 12.7. The number of hydrogen-bond acceptors (Lipinski definition) is 3. The van der Waals surface area contributed by atoms with Crippen molar-refractivity contribution in [3.63, 3.8) is 0 Å². The second-order valence-electron chi connectivity index (χ2n) is 5.52. The minimum absolute atomic E-state index is 0. The molecule has 0 bridgehead atoms. The number of hydrogen-bond donors (Lipinski definition) is 1. The van der Waals surface area contributed by atoms with Crippen LogP contribution in [0.4, 0.5) is 0 Å². The predicted octanol–water partition coefficient (Wildman–Crippen LogP) is 2.93. The molecule has 0 spiro atoms. The van der Waals surface area contributed by atoms with Gasteiger partial charge in [-0.05, 0) is 50.4 Å². The van der Waals surface area contributed by atoms with Crippen molar-refractivity contribution >= 4 is 12.4 Å². The lowest BCUT2D eigenvalue weighted by molar-refractivity contribution is 0.258. The lowest BCUT2D eigenvalue weighted by Gasteiger charge is -2.23. The maximum absolute atomic E-state index is 5.55. The molecule has 2 rings (SSSR count). The molecule has 0 amide bonds. The number of aryl methyl sites for hydroxylation is 3. The molecule has 0 radical (unpaired) electrons. The summed E-state index contributed by atoms with van der Waals surface area (Å²) in [5, 5.41) is 0. The quantitative estimate of drug-likeness (QED) is 0.906. The SMILES string of the molecule is Cc1cc(C)c(CN2C=CN(CCCN)C2)c(C)c1.Cl. The third-order valence-electron chi connectivity index (χ3n) is 3.70. The first-order valence-electron chi connectivity index (χ1n) is 7.03. The van der Waals surface area contributed by atoms with E-state index in [1.807, 2.05) is 0 Å². The molecule has 112 valence electrons. The minimum atomic E-state index is 0. The Balaban J connectivity index is 0.00000200. The van der Waals surface area contributed by atoms with Gasteiger partial charge in [0.15, 0.2) is 0 Å². The summed E-state index contributed by atoms with van der Waals surface area (Å²) in [5.41, 5.74) is 11.1. The van der Waals surface area contributed by atoms with Gasteiger partial charge in [0, 0.05) is 25.5 Å².